The van der Waals surface area contributed by atoms with Crippen molar-refractivity contribution in [1.29, 1.82) is 0 Å². The van der Waals surface area contributed by atoms with Crippen LogP contribution in [0.2, 0.25) is 0 Å². The van der Waals surface area contributed by atoms with Crippen molar-refractivity contribution < 1.29 is 75.6 Å². The van der Waals surface area contributed by atoms with Crippen LogP contribution in [0.5, 0.6) is 0 Å². The zero-order chi connectivity index (χ0) is 18.8. The standard InChI is InChI=1S/2C6H16O4P2.Au.ClH/c2*7-3-11(4-8)1-2-12(5-9)6-10;;/h2*7-10H,1-6H2;;1H/q;;+1;/p-1. The molecule has 0 bridgehead atoms. The van der Waals surface area contributed by atoms with Crippen molar-refractivity contribution >= 4 is 31.7 Å². The fourth-order valence-corrected chi connectivity index (χ4v) is 7.32. The van der Waals surface area contributed by atoms with Gasteiger partial charge in [-0.2, -0.15) is 0 Å². The normalized spacial score (nSPS) is 10.6. The maximum atomic E-state index is 8.74. The maximum Gasteiger partial charge on any atom is 1.00 e. The number of aliphatic hydroxyl groups excluding tert-OH is 8. The molecule has 0 spiro atoms. The molecule has 0 aliphatic rings. The first-order valence-electron chi connectivity index (χ1n) is 7.32. The van der Waals surface area contributed by atoms with Gasteiger partial charge in [0.1, 0.15) is 0 Å². The van der Waals surface area contributed by atoms with E-state index in [0.29, 0.717) is 0 Å². The van der Waals surface area contributed by atoms with Crippen LogP contribution < -0.4 is 12.4 Å². The Morgan fingerprint density at radius 1 is 0.346 bits per heavy atom. The Kier molecular flexibility index (Phi) is 37.8. The Bertz CT molecular complexity index is 203. The quantitative estimate of drug-likeness (QED) is 0.0704. The molecule has 26 heavy (non-hydrogen) atoms. The molecule has 0 heterocycles. The van der Waals surface area contributed by atoms with Gasteiger partial charge >= 0.3 is 22.4 Å². The predicted molar refractivity (Wildman–Crippen MR) is 104 cm³/mol. The molecule has 0 aromatic rings. The summed E-state index contributed by atoms with van der Waals surface area (Å²) in [7, 11) is -2.78. The van der Waals surface area contributed by atoms with Crippen molar-refractivity contribution in [3.8, 4) is 0 Å². The Morgan fingerprint density at radius 2 is 0.462 bits per heavy atom. The summed E-state index contributed by atoms with van der Waals surface area (Å²) in [6.45, 7) is 0. The summed E-state index contributed by atoms with van der Waals surface area (Å²) in [5.41, 5.74) is 0. The summed E-state index contributed by atoms with van der Waals surface area (Å²) < 4.78 is 0. The molecule has 0 aromatic heterocycles. The van der Waals surface area contributed by atoms with E-state index in [9.17, 15) is 0 Å². The monoisotopic (exact) mass is 660 g/mol. The fraction of sp³-hybridized carbons (Fsp3) is 1.00. The van der Waals surface area contributed by atoms with Crippen molar-refractivity contribution in [2.75, 3.05) is 75.4 Å². The molecular weight excluding hydrogens is 628 g/mol. The van der Waals surface area contributed by atoms with E-state index < -0.39 is 31.7 Å². The number of rotatable bonds is 14. The van der Waals surface area contributed by atoms with Crippen molar-refractivity contribution in [3.05, 3.63) is 0 Å². The summed E-state index contributed by atoms with van der Waals surface area (Å²) in [4.78, 5) is 0. The van der Waals surface area contributed by atoms with Gasteiger partial charge in [0.25, 0.3) is 0 Å². The van der Waals surface area contributed by atoms with E-state index in [1.54, 1.807) is 0 Å². The smallest absolute Gasteiger partial charge is 1.00 e. The number of hydrogen-bond acceptors (Lipinski definition) is 8. The minimum absolute atomic E-state index is 0. The van der Waals surface area contributed by atoms with Crippen LogP contribution in [0.15, 0.2) is 0 Å². The molecule has 14 heteroatoms. The second-order valence-corrected chi connectivity index (χ2v) is 14.1. The first-order valence-corrected chi connectivity index (χ1v) is 14.9. The summed E-state index contributed by atoms with van der Waals surface area (Å²) >= 11 is 0. The zero-order valence-corrected chi connectivity index (χ0v) is 21.0. The second kappa shape index (κ2) is 27.4. The molecule has 0 radical (unpaired) electrons. The Hall–Kier alpha value is 2.43. The molecule has 0 aromatic carbocycles. The van der Waals surface area contributed by atoms with Crippen LogP contribution in [0.1, 0.15) is 0 Å². The molecule has 0 aliphatic carbocycles. The van der Waals surface area contributed by atoms with Gasteiger partial charge < -0.3 is 53.3 Å². The van der Waals surface area contributed by atoms with E-state index in [1.165, 1.54) is 0 Å². The minimum Gasteiger partial charge on any atom is -1.00 e. The van der Waals surface area contributed by atoms with Crippen LogP contribution in [-0.4, -0.2) is 116 Å². The zero-order valence-electron chi connectivity index (χ0n) is 14.5. The summed E-state index contributed by atoms with van der Waals surface area (Å²) in [5, 5.41) is 69.9. The van der Waals surface area contributed by atoms with E-state index in [1.807, 2.05) is 0 Å². The van der Waals surface area contributed by atoms with Gasteiger partial charge in [-0.25, -0.2) is 0 Å². The SMILES string of the molecule is OCP(CO)CCP(CO)CO.OCP(CO)CCP(CO)CO.[Au+].[Cl-]. The number of hydrogen-bond donors (Lipinski definition) is 8. The molecule has 0 fully saturated rings. The molecular formula is C12H32AuClO8P4. The largest absolute Gasteiger partial charge is 1.00 e. The first-order chi connectivity index (χ1) is 11.6. The van der Waals surface area contributed by atoms with Gasteiger partial charge in [-0.3, -0.25) is 0 Å². The van der Waals surface area contributed by atoms with Gasteiger partial charge in [0.15, 0.2) is 0 Å². The topological polar surface area (TPSA) is 162 Å². The van der Waals surface area contributed by atoms with Gasteiger partial charge in [0.05, 0.1) is 50.8 Å². The van der Waals surface area contributed by atoms with Gasteiger partial charge in [0, 0.05) is 0 Å². The van der Waals surface area contributed by atoms with Gasteiger partial charge in [0.2, 0.25) is 0 Å². The molecule has 0 rings (SSSR count). The van der Waals surface area contributed by atoms with Crippen LogP contribution in [0, 0.1) is 0 Å². The average Bonchev–Trinajstić information content (AvgIpc) is 2.63. The van der Waals surface area contributed by atoms with Crippen LogP contribution in [-0.2, 0) is 22.4 Å². The van der Waals surface area contributed by atoms with E-state index in [-0.39, 0.29) is 85.6 Å². The summed E-state index contributed by atoms with van der Waals surface area (Å²) in [5.74, 6) is 0. The third-order valence-electron chi connectivity index (χ3n) is 3.06. The molecule has 0 amide bonds. The molecule has 166 valence electrons. The first kappa shape index (κ1) is 35.8. The van der Waals surface area contributed by atoms with Crippen molar-refractivity contribution in [2.45, 2.75) is 0 Å². The van der Waals surface area contributed by atoms with Crippen LogP contribution in [0.3, 0.4) is 0 Å². The Labute approximate surface area is 182 Å². The second-order valence-electron chi connectivity index (χ2n) is 4.71. The predicted octanol–water partition coefficient (Wildman–Crippen LogP) is -3.50. The molecule has 0 saturated heterocycles. The third-order valence-corrected chi connectivity index (χ3v) is 10.4. The summed E-state index contributed by atoms with van der Waals surface area (Å²) in [6, 6.07) is 0. The fourth-order valence-electron chi connectivity index (χ4n) is 1.31. The van der Waals surface area contributed by atoms with Crippen LogP contribution >= 0.6 is 31.7 Å². The van der Waals surface area contributed by atoms with Gasteiger partial charge in [-0.1, -0.05) is 31.7 Å². The minimum atomic E-state index is -0.695. The van der Waals surface area contributed by atoms with Crippen molar-refractivity contribution in [3.63, 3.8) is 0 Å². The third kappa shape index (κ3) is 21.1. The van der Waals surface area contributed by atoms with Crippen LogP contribution in [0.4, 0.5) is 0 Å². The van der Waals surface area contributed by atoms with E-state index >= 15 is 0 Å². The molecule has 0 unspecified atom stereocenters. The average molecular weight is 661 g/mol. The van der Waals surface area contributed by atoms with Gasteiger partial charge in [-0.15, -0.1) is 0 Å². The van der Waals surface area contributed by atoms with E-state index in [4.69, 9.17) is 40.9 Å². The molecule has 8 nitrogen and oxygen atoms in total. The van der Waals surface area contributed by atoms with E-state index in [0.717, 1.165) is 24.6 Å². The van der Waals surface area contributed by atoms with Gasteiger partial charge in [-0.05, 0) is 24.6 Å². The van der Waals surface area contributed by atoms with Crippen LogP contribution in [0.25, 0.3) is 0 Å². The Balaban J connectivity index is -0.000000173. The number of aliphatic hydroxyl groups is 8. The molecule has 0 aliphatic heterocycles. The van der Waals surface area contributed by atoms with Crippen molar-refractivity contribution in [2.24, 2.45) is 0 Å². The maximum absolute atomic E-state index is 8.74. The molecule has 8 N–H and O–H groups in total. The number of halogens is 1. The molecule has 0 atom stereocenters. The summed E-state index contributed by atoms with van der Waals surface area (Å²) in [6.07, 6.45) is 3.19. The molecule has 0 saturated carbocycles. The van der Waals surface area contributed by atoms with E-state index in [2.05, 4.69) is 0 Å². The Morgan fingerprint density at radius 3 is 0.538 bits per heavy atom. The van der Waals surface area contributed by atoms with Crippen molar-refractivity contribution in [1.82, 2.24) is 0 Å².